The Morgan fingerprint density at radius 1 is 1.21 bits per heavy atom. The van der Waals surface area contributed by atoms with Gasteiger partial charge in [0.05, 0.1) is 11.7 Å². The van der Waals surface area contributed by atoms with E-state index in [4.69, 9.17) is 4.74 Å². The summed E-state index contributed by atoms with van der Waals surface area (Å²) < 4.78 is 5.94. The lowest BCUT2D eigenvalue weighted by Crippen LogP contribution is -2.51. The van der Waals surface area contributed by atoms with Gasteiger partial charge in [0, 0.05) is 19.1 Å². The van der Waals surface area contributed by atoms with E-state index in [1.54, 1.807) is 0 Å². The van der Waals surface area contributed by atoms with E-state index in [0.717, 1.165) is 13.1 Å². The molecule has 0 spiro atoms. The maximum absolute atomic E-state index is 5.94. The molecule has 1 atom stereocenters. The van der Waals surface area contributed by atoms with Crippen LogP contribution in [0.25, 0.3) is 0 Å². The molecule has 1 fully saturated rings. The molecule has 114 valence electrons. The highest BCUT2D eigenvalue weighted by molar-refractivity contribution is 4.82. The van der Waals surface area contributed by atoms with Crippen molar-refractivity contribution in [2.75, 3.05) is 26.2 Å². The summed E-state index contributed by atoms with van der Waals surface area (Å²) in [4.78, 5) is 2.57. The number of ether oxygens (including phenoxy) is 1. The lowest BCUT2D eigenvalue weighted by Gasteiger charge is -2.41. The van der Waals surface area contributed by atoms with Crippen LogP contribution in [0.3, 0.4) is 0 Å². The van der Waals surface area contributed by atoms with Crippen LogP contribution in [0.15, 0.2) is 0 Å². The molecule has 3 heteroatoms. The van der Waals surface area contributed by atoms with Crippen molar-refractivity contribution in [1.29, 1.82) is 0 Å². The quantitative estimate of drug-likeness (QED) is 0.686. The third kappa shape index (κ3) is 7.91. The SMILES string of the molecule is CC(C)NCCCCCCN1CC(C)OC(C)(C)C1. The molecule has 0 bridgehead atoms. The van der Waals surface area contributed by atoms with Gasteiger partial charge in [0.2, 0.25) is 0 Å². The molecule has 1 aliphatic rings. The van der Waals surface area contributed by atoms with Crippen molar-refractivity contribution < 1.29 is 4.74 Å². The summed E-state index contributed by atoms with van der Waals surface area (Å²) in [6, 6.07) is 0.622. The standard InChI is InChI=1S/C16H34N2O/c1-14(2)17-10-8-6-7-9-11-18-12-15(3)19-16(4,5)13-18/h14-15,17H,6-13H2,1-5H3. The zero-order valence-electron chi connectivity index (χ0n) is 13.7. The average Bonchev–Trinajstić information content (AvgIpc) is 2.24. The van der Waals surface area contributed by atoms with E-state index in [-0.39, 0.29) is 5.60 Å². The lowest BCUT2D eigenvalue weighted by molar-refractivity contribution is -0.128. The molecule has 1 N–H and O–H groups in total. The minimum atomic E-state index is 0.0266. The fourth-order valence-corrected chi connectivity index (χ4v) is 2.96. The van der Waals surface area contributed by atoms with Crippen LogP contribution in [0.4, 0.5) is 0 Å². The molecular weight excluding hydrogens is 236 g/mol. The van der Waals surface area contributed by atoms with Crippen LogP contribution in [0.1, 0.15) is 60.3 Å². The molecule has 1 aliphatic heterocycles. The van der Waals surface area contributed by atoms with E-state index >= 15 is 0 Å². The average molecular weight is 270 g/mol. The van der Waals surface area contributed by atoms with Crippen molar-refractivity contribution in [3.8, 4) is 0 Å². The Hall–Kier alpha value is -0.120. The summed E-state index contributed by atoms with van der Waals surface area (Å²) in [6.45, 7) is 15.6. The summed E-state index contributed by atoms with van der Waals surface area (Å²) in [5.41, 5.74) is 0.0266. The van der Waals surface area contributed by atoms with Gasteiger partial charge in [0.15, 0.2) is 0 Å². The molecule has 1 unspecified atom stereocenters. The van der Waals surface area contributed by atoms with Crippen molar-refractivity contribution in [2.45, 2.75) is 78.0 Å². The van der Waals surface area contributed by atoms with Crippen LogP contribution in [-0.2, 0) is 4.74 Å². The fraction of sp³-hybridized carbons (Fsp3) is 1.00. The topological polar surface area (TPSA) is 24.5 Å². The summed E-state index contributed by atoms with van der Waals surface area (Å²) in [7, 11) is 0. The van der Waals surface area contributed by atoms with Crippen LogP contribution in [-0.4, -0.2) is 48.8 Å². The van der Waals surface area contributed by atoms with E-state index in [9.17, 15) is 0 Å². The molecule has 0 radical (unpaired) electrons. The lowest BCUT2D eigenvalue weighted by atomic mass is 10.0. The van der Waals surface area contributed by atoms with E-state index in [2.05, 4.69) is 44.8 Å². The van der Waals surface area contributed by atoms with Crippen molar-refractivity contribution in [3.05, 3.63) is 0 Å². The van der Waals surface area contributed by atoms with Gasteiger partial charge in [-0.1, -0.05) is 26.7 Å². The van der Waals surface area contributed by atoms with Gasteiger partial charge < -0.3 is 10.1 Å². The number of hydrogen-bond donors (Lipinski definition) is 1. The molecule has 1 rings (SSSR count). The molecule has 0 aliphatic carbocycles. The third-order valence-electron chi connectivity index (χ3n) is 3.59. The van der Waals surface area contributed by atoms with Crippen molar-refractivity contribution in [3.63, 3.8) is 0 Å². The highest BCUT2D eigenvalue weighted by Crippen LogP contribution is 2.21. The van der Waals surface area contributed by atoms with Gasteiger partial charge in [-0.3, -0.25) is 4.90 Å². The predicted octanol–water partition coefficient (Wildman–Crippen LogP) is 3.04. The molecule has 0 aromatic heterocycles. The second-order valence-electron chi connectivity index (χ2n) is 6.95. The first-order valence-electron chi connectivity index (χ1n) is 8.02. The van der Waals surface area contributed by atoms with Crippen molar-refractivity contribution >= 4 is 0 Å². The molecule has 3 nitrogen and oxygen atoms in total. The van der Waals surface area contributed by atoms with Gasteiger partial charge >= 0.3 is 0 Å². The monoisotopic (exact) mass is 270 g/mol. The summed E-state index contributed by atoms with van der Waals surface area (Å²) >= 11 is 0. The Balaban J connectivity index is 2.03. The molecule has 0 saturated carbocycles. The first-order valence-corrected chi connectivity index (χ1v) is 8.02. The van der Waals surface area contributed by atoms with Crippen LogP contribution < -0.4 is 5.32 Å². The predicted molar refractivity (Wildman–Crippen MR) is 82.7 cm³/mol. The van der Waals surface area contributed by atoms with Gasteiger partial charge in [0.25, 0.3) is 0 Å². The molecule has 0 amide bonds. The Morgan fingerprint density at radius 3 is 2.53 bits per heavy atom. The number of unbranched alkanes of at least 4 members (excludes halogenated alkanes) is 3. The smallest absolute Gasteiger partial charge is 0.0757 e. The van der Waals surface area contributed by atoms with Crippen LogP contribution >= 0.6 is 0 Å². The molecule has 19 heavy (non-hydrogen) atoms. The van der Waals surface area contributed by atoms with Crippen molar-refractivity contribution in [2.24, 2.45) is 0 Å². The third-order valence-corrected chi connectivity index (χ3v) is 3.59. The van der Waals surface area contributed by atoms with Crippen LogP contribution in [0, 0.1) is 0 Å². The van der Waals surface area contributed by atoms with Gasteiger partial charge in [-0.2, -0.15) is 0 Å². The van der Waals surface area contributed by atoms with E-state index in [0.29, 0.717) is 12.1 Å². The largest absolute Gasteiger partial charge is 0.370 e. The van der Waals surface area contributed by atoms with Crippen LogP contribution in [0.5, 0.6) is 0 Å². The Bertz CT molecular complexity index is 241. The van der Waals surface area contributed by atoms with E-state index < -0.39 is 0 Å². The second kappa shape index (κ2) is 8.23. The maximum atomic E-state index is 5.94. The van der Waals surface area contributed by atoms with Gasteiger partial charge in [-0.05, 0) is 46.7 Å². The number of hydrogen-bond acceptors (Lipinski definition) is 3. The normalized spacial score (nSPS) is 24.0. The first-order chi connectivity index (χ1) is 8.89. The zero-order valence-corrected chi connectivity index (χ0v) is 13.7. The minimum Gasteiger partial charge on any atom is -0.370 e. The molecule has 0 aromatic rings. The van der Waals surface area contributed by atoms with Crippen LogP contribution in [0.2, 0.25) is 0 Å². The summed E-state index contributed by atoms with van der Waals surface area (Å²) in [5, 5.41) is 3.48. The van der Waals surface area contributed by atoms with Gasteiger partial charge in [-0.25, -0.2) is 0 Å². The molecule has 1 heterocycles. The Kier molecular flexibility index (Phi) is 7.33. The van der Waals surface area contributed by atoms with E-state index in [1.165, 1.54) is 38.8 Å². The summed E-state index contributed by atoms with van der Waals surface area (Å²) in [5.74, 6) is 0. The number of morpholine rings is 1. The van der Waals surface area contributed by atoms with E-state index in [1.807, 2.05) is 0 Å². The maximum Gasteiger partial charge on any atom is 0.0757 e. The number of rotatable bonds is 8. The van der Waals surface area contributed by atoms with Gasteiger partial charge in [-0.15, -0.1) is 0 Å². The molecule has 1 saturated heterocycles. The highest BCUT2D eigenvalue weighted by atomic mass is 16.5. The Labute approximate surface area is 120 Å². The van der Waals surface area contributed by atoms with Gasteiger partial charge in [0.1, 0.15) is 0 Å². The first kappa shape index (κ1) is 16.9. The molecule has 0 aromatic carbocycles. The number of nitrogens with zero attached hydrogens (tertiary/aromatic N) is 1. The number of nitrogens with one attached hydrogen (secondary N) is 1. The highest BCUT2D eigenvalue weighted by Gasteiger charge is 2.30. The molecular formula is C16H34N2O. The zero-order chi connectivity index (χ0) is 14.3. The van der Waals surface area contributed by atoms with Crippen molar-refractivity contribution in [1.82, 2.24) is 10.2 Å². The summed E-state index contributed by atoms with van der Waals surface area (Å²) in [6.07, 6.45) is 5.71. The fourth-order valence-electron chi connectivity index (χ4n) is 2.96. The Morgan fingerprint density at radius 2 is 1.89 bits per heavy atom. The minimum absolute atomic E-state index is 0.0266. The second-order valence-corrected chi connectivity index (χ2v) is 6.95.